The quantitative estimate of drug-likeness (QED) is 0.521. The summed E-state index contributed by atoms with van der Waals surface area (Å²) in [7, 11) is 0. The van der Waals surface area contributed by atoms with E-state index in [0.29, 0.717) is 5.92 Å². The summed E-state index contributed by atoms with van der Waals surface area (Å²) in [5.74, 6) is 1.55. The predicted octanol–water partition coefficient (Wildman–Crippen LogP) is 4.93. The number of allylic oxidation sites excluding steroid dienone is 1. The summed E-state index contributed by atoms with van der Waals surface area (Å²) in [4.78, 5) is 0. The van der Waals surface area contributed by atoms with Crippen molar-refractivity contribution in [3.05, 3.63) is 11.6 Å². The minimum Gasteiger partial charge on any atom is -0.313 e. The van der Waals surface area contributed by atoms with Gasteiger partial charge in [0.15, 0.2) is 0 Å². The topological polar surface area (TPSA) is 12.0 Å². The van der Waals surface area contributed by atoms with Crippen LogP contribution in [0.25, 0.3) is 0 Å². The fourth-order valence-corrected chi connectivity index (χ4v) is 2.82. The second-order valence-electron chi connectivity index (χ2n) is 6.18. The molecule has 1 heteroatoms. The zero-order chi connectivity index (χ0) is 13.2. The van der Waals surface area contributed by atoms with Crippen LogP contribution in [-0.4, -0.2) is 13.1 Å². The molecular formula is C17H33N. The first kappa shape index (κ1) is 15.8. The molecule has 1 saturated carbocycles. The summed E-state index contributed by atoms with van der Waals surface area (Å²) in [6, 6.07) is 0. The number of hydrogen-bond donors (Lipinski definition) is 1. The van der Waals surface area contributed by atoms with Crippen molar-refractivity contribution in [3.63, 3.8) is 0 Å². The largest absolute Gasteiger partial charge is 0.313 e. The van der Waals surface area contributed by atoms with Crippen molar-refractivity contribution in [1.82, 2.24) is 5.32 Å². The molecule has 1 N–H and O–H groups in total. The van der Waals surface area contributed by atoms with Crippen molar-refractivity contribution >= 4 is 0 Å². The lowest BCUT2D eigenvalue weighted by Gasteiger charge is -2.20. The van der Waals surface area contributed by atoms with Gasteiger partial charge in [-0.25, -0.2) is 0 Å². The van der Waals surface area contributed by atoms with Crippen LogP contribution >= 0.6 is 0 Å². The van der Waals surface area contributed by atoms with Gasteiger partial charge in [-0.15, -0.1) is 0 Å². The molecule has 106 valence electrons. The van der Waals surface area contributed by atoms with E-state index in [-0.39, 0.29) is 0 Å². The third kappa shape index (κ3) is 6.58. The van der Waals surface area contributed by atoms with Crippen molar-refractivity contribution in [2.24, 2.45) is 11.8 Å². The van der Waals surface area contributed by atoms with Gasteiger partial charge in [0.05, 0.1) is 0 Å². The van der Waals surface area contributed by atoms with Gasteiger partial charge in [-0.1, -0.05) is 64.5 Å². The molecule has 0 amide bonds. The van der Waals surface area contributed by atoms with Gasteiger partial charge in [0.1, 0.15) is 0 Å². The van der Waals surface area contributed by atoms with Gasteiger partial charge in [0, 0.05) is 6.54 Å². The number of rotatable bonds is 6. The maximum Gasteiger partial charge on any atom is 0.0167 e. The van der Waals surface area contributed by atoms with E-state index in [4.69, 9.17) is 0 Å². The Kier molecular flexibility index (Phi) is 8.41. The molecule has 0 spiro atoms. The summed E-state index contributed by atoms with van der Waals surface area (Å²) in [6.45, 7) is 9.15. The van der Waals surface area contributed by atoms with Crippen LogP contribution in [0.2, 0.25) is 0 Å². The molecule has 1 aliphatic carbocycles. The molecule has 0 aliphatic heterocycles. The first-order valence-electron chi connectivity index (χ1n) is 8.15. The van der Waals surface area contributed by atoms with E-state index < -0.39 is 0 Å². The van der Waals surface area contributed by atoms with Gasteiger partial charge < -0.3 is 5.32 Å². The summed E-state index contributed by atoms with van der Waals surface area (Å²) in [6.07, 6.45) is 13.9. The van der Waals surface area contributed by atoms with Gasteiger partial charge in [-0.2, -0.15) is 0 Å². The molecule has 0 aromatic heterocycles. The normalized spacial score (nSPS) is 19.9. The van der Waals surface area contributed by atoms with Gasteiger partial charge >= 0.3 is 0 Å². The van der Waals surface area contributed by atoms with Gasteiger partial charge in [-0.05, 0) is 37.6 Å². The maximum absolute atomic E-state index is 3.57. The molecule has 18 heavy (non-hydrogen) atoms. The summed E-state index contributed by atoms with van der Waals surface area (Å²) >= 11 is 0. The van der Waals surface area contributed by atoms with Crippen LogP contribution in [0.15, 0.2) is 11.6 Å². The third-order valence-corrected chi connectivity index (χ3v) is 4.10. The molecule has 0 bridgehead atoms. The molecule has 0 unspecified atom stereocenters. The molecule has 0 heterocycles. The SMILES string of the molecule is CCCNCC(=CC1CCCCCCC1)C(C)C. The van der Waals surface area contributed by atoms with Crippen LogP contribution in [0.3, 0.4) is 0 Å². The highest BCUT2D eigenvalue weighted by molar-refractivity contribution is 5.09. The van der Waals surface area contributed by atoms with E-state index >= 15 is 0 Å². The van der Waals surface area contributed by atoms with Crippen molar-refractivity contribution in [2.75, 3.05) is 13.1 Å². The summed E-state index contributed by atoms with van der Waals surface area (Å²) in [5, 5.41) is 3.57. The smallest absolute Gasteiger partial charge is 0.0167 e. The number of hydrogen-bond acceptors (Lipinski definition) is 1. The van der Waals surface area contributed by atoms with E-state index in [0.717, 1.165) is 19.0 Å². The monoisotopic (exact) mass is 251 g/mol. The Labute approximate surface area is 114 Å². The molecule has 0 saturated heterocycles. The lowest BCUT2D eigenvalue weighted by atomic mass is 9.88. The van der Waals surface area contributed by atoms with E-state index in [1.807, 2.05) is 0 Å². The minimum absolute atomic E-state index is 0.694. The molecule has 0 aromatic rings. The van der Waals surface area contributed by atoms with Crippen LogP contribution in [0.4, 0.5) is 0 Å². The highest BCUT2D eigenvalue weighted by Gasteiger charge is 2.11. The highest BCUT2D eigenvalue weighted by Crippen LogP contribution is 2.25. The molecule has 1 aliphatic rings. The second kappa shape index (κ2) is 9.61. The number of nitrogens with one attached hydrogen (secondary N) is 1. The predicted molar refractivity (Wildman–Crippen MR) is 81.9 cm³/mol. The van der Waals surface area contributed by atoms with Gasteiger partial charge in [0.25, 0.3) is 0 Å². The Morgan fingerprint density at radius 2 is 1.72 bits per heavy atom. The minimum atomic E-state index is 0.694. The maximum atomic E-state index is 3.57. The standard InChI is InChI=1S/C17H33N/c1-4-12-18-14-17(15(2)3)13-16-10-8-6-5-7-9-11-16/h13,15-16,18H,4-12,14H2,1-3H3. The molecule has 0 radical (unpaired) electrons. The molecular weight excluding hydrogens is 218 g/mol. The lowest BCUT2D eigenvalue weighted by Crippen LogP contribution is -2.21. The lowest BCUT2D eigenvalue weighted by molar-refractivity contribution is 0.430. The van der Waals surface area contributed by atoms with Crippen molar-refractivity contribution < 1.29 is 0 Å². The summed E-state index contributed by atoms with van der Waals surface area (Å²) in [5.41, 5.74) is 1.63. The first-order chi connectivity index (χ1) is 8.74. The Balaban J connectivity index is 2.49. The van der Waals surface area contributed by atoms with Crippen LogP contribution in [0.5, 0.6) is 0 Å². The van der Waals surface area contributed by atoms with E-state index in [9.17, 15) is 0 Å². The average molecular weight is 251 g/mol. The Hall–Kier alpha value is -0.300. The second-order valence-corrected chi connectivity index (χ2v) is 6.18. The van der Waals surface area contributed by atoms with Crippen LogP contribution in [0.1, 0.15) is 72.1 Å². The van der Waals surface area contributed by atoms with E-state index in [1.54, 1.807) is 5.57 Å². The highest BCUT2D eigenvalue weighted by atomic mass is 14.8. The molecule has 1 rings (SSSR count). The van der Waals surface area contributed by atoms with E-state index in [2.05, 4.69) is 32.2 Å². The molecule has 0 atom stereocenters. The Bertz CT molecular complexity index is 222. The molecule has 0 aromatic carbocycles. The van der Waals surface area contributed by atoms with Crippen LogP contribution in [-0.2, 0) is 0 Å². The van der Waals surface area contributed by atoms with Crippen LogP contribution < -0.4 is 5.32 Å². The van der Waals surface area contributed by atoms with Crippen molar-refractivity contribution in [2.45, 2.75) is 72.1 Å². The fraction of sp³-hybridized carbons (Fsp3) is 0.882. The Morgan fingerprint density at radius 3 is 2.28 bits per heavy atom. The summed E-state index contributed by atoms with van der Waals surface area (Å²) < 4.78 is 0. The first-order valence-corrected chi connectivity index (χ1v) is 8.15. The fourth-order valence-electron chi connectivity index (χ4n) is 2.82. The van der Waals surface area contributed by atoms with Crippen molar-refractivity contribution in [3.8, 4) is 0 Å². The van der Waals surface area contributed by atoms with Crippen molar-refractivity contribution in [1.29, 1.82) is 0 Å². The van der Waals surface area contributed by atoms with Crippen LogP contribution in [0, 0.1) is 11.8 Å². The third-order valence-electron chi connectivity index (χ3n) is 4.10. The van der Waals surface area contributed by atoms with Gasteiger partial charge in [0.2, 0.25) is 0 Å². The van der Waals surface area contributed by atoms with E-state index in [1.165, 1.54) is 51.4 Å². The average Bonchev–Trinajstić information content (AvgIpc) is 2.30. The molecule has 1 nitrogen and oxygen atoms in total. The zero-order valence-corrected chi connectivity index (χ0v) is 12.8. The zero-order valence-electron chi connectivity index (χ0n) is 12.8. The molecule has 1 fully saturated rings. The Morgan fingerprint density at radius 1 is 1.11 bits per heavy atom. The van der Waals surface area contributed by atoms with Gasteiger partial charge in [-0.3, -0.25) is 0 Å².